The Labute approximate surface area is 102 Å². The minimum Gasteiger partial charge on any atom is -0.370 e. The van der Waals surface area contributed by atoms with Crippen LogP contribution in [0.2, 0.25) is 5.02 Å². The molecule has 1 aromatic rings. The van der Waals surface area contributed by atoms with Crippen molar-refractivity contribution >= 4 is 17.3 Å². The average Bonchev–Trinajstić information content (AvgIpc) is 2.30. The van der Waals surface area contributed by atoms with Crippen molar-refractivity contribution in [3.05, 3.63) is 28.8 Å². The molecule has 0 heterocycles. The van der Waals surface area contributed by atoms with Crippen molar-refractivity contribution in [1.82, 2.24) is 0 Å². The van der Waals surface area contributed by atoms with Crippen molar-refractivity contribution in [2.75, 3.05) is 11.9 Å². The van der Waals surface area contributed by atoms with Crippen LogP contribution in [-0.4, -0.2) is 13.1 Å². The van der Waals surface area contributed by atoms with Gasteiger partial charge in [0.25, 0.3) is 0 Å². The maximum atomic E-state index is 8.77. The summed E-state index contributed by atoms with van der Waals surface area (Å²) in [6.45, 7) is 4.34. The van der Waals surface area contributed by atoms with Gasteiger partial charge in [0.2, 0.25) is 0 Å². The molecule has 0 atom stereocenters. The molecular formula is C13H17ClN2. The first-order chi connectivity index (χ1) is 7.63. The molecule has 0 bridgehead atoms. The summed E-state index contributed by atoms with van der Waals surface area (Å²) in [5.41, 5.74) is 1.60. The average molecular weight is 237 g/mol. The summed E-state index contributed by atoms with van der Waals surface area (Å²) >= 11 is 6.17. The second kappa shape index (κ2) is 5.77. The first-order valence-corrected chi connectivity index (χ1v) is 5.94. The molecule has 0 unspecified atom stereocenters. The lowest BCUT2D eigenvalue weighted by molar-refractivity contribution is 0.592. The molecule has 0 saturated carbocycles. The van der Waals surface area contributed by atoms with E-state index in [9.17, 15) is 0 Å². The third-order valence-electron chi connectivity index (χ3n) is 2.95. The predicted octanol–water partition coefficient (Wildman–Crippen LogP) is 3.84. The van der Waals surface area contributed by atoms with E-state index in [-0.39, 0.29) is 0 Å². The first-order valence-electron chi connectivity index (χ1n) is 5.56. The Morgan fingerprint density at radius 3 is 2.44 bits per heavy atom. The highest BCUT2D eigenvalue weighted by atomic mass is 35.5. The molecule has 0 saturated heterocycles. The van der Waals surface area contributed by atoms with Crippen molar-refractivity contribution in [2.45, 2.75) is 32.7 Å². The normalized spacial score (nSPS) is 10.2. The van der Waals surface area contributed by atoms with E-state index in [4.69, 9.17) is 16.9 Å². The second-order valence-corrected chi connectivity index (χ2v) is 4.27. The number of benzene rings is 1. The number of anilines is 1. The van der Waals surface area contributed by atoms with E-state index in [1.165, 1.54) is 0 Å². The minimum atomic E-state index is 0.491. The van der Waals surface area contributed by atoms with Gasteiger partial charge >= 0.3 is 0 Å². The van der Waals surface area contributed by atoms with E-state index < -0.39 is 0 Å². The molecule has 3 heteroatoms. The molecule has 0 aliphatic carbocycles. The molecule has 86 valence electrons. The lowest BCUT2D eigenvalue weighted by Gasteiger charge is -2.29. The summed E-state index contributed by atoms with van der Waals surface area (Å²) in [7, 11) is 2.05. The van der Waals surface area contributed by atoms with Gasteiger partial charge in [0, 0.05) is 13.1 Å². The predicted molar refractivity (Wildman–Crippen MR) is 68.9 cm³/mol. The van der Waals surface area contributed by atoms with Gasteiger partial charge in [0.15, 0.2) is 0 Å². The van der Waals surface area contributed by atoms with Crippen molar-refractivity contribution < 1.29 is 0 Å². The molecule has 0 aliphatic rings. The van der Waals surface area contributed by atoms with Gasteiger partial charge in [0.1, 0.15) is 0 Å². The molecular weight excluding hydrogens is 220 g/mol. The molecule has 1 rings (SSSR count). The van der Waals surface area contributed by atoms with Gasteiger partial charge < -0.3 is 4.90 Å². The Morgan fingerprint density at radius 2 is 2.00 bits per heavy atom. The third-order valence-corrected chi connectivity index (χ3v) is 3.25. The molecule has 0 N–H and O–H groups in total. The number of nitrogens with zero attached hydrogens (tertiary/aromatic N) is 2. The first kappa shape index (κ1) is 12.9. The van der Waals surface area contributed by atoms with Crippen LogP contribution in [0.3, 0.4) is 0 Å². The molecule has 16 heavy (non-hydrogen) atoms. The van der Waals surface area contributed by atoms with Gasteiger partial charge in [-0.1, -0.05) is 25.4 Å². The van der Waals surface area contributed by atoms with Crippen LogP contribution in [0.5, 0.6) is 0 Å². The zero-order chi connectivity index (χ0) is 12.1. The number of nitriles is 1. The van der Waals surface area contributed by atoms with Gasteiger partial charge in [-0.05, 0) is 31.0 Å². The van der Waals surface area contributed by atoms with Crippen molar-refractivity contribution in [3.63, 3.8) is 0 Å². The summed E-state index contributed by atoms with van der Waals surface area (Å²) in [4.78, 5) is 2.18. The second-order valence-electron chi connectivity index (χ2n) is 3.86. The third kappa shape index (κ3) is 2.68. The summed E-state index contributed by atoms with van der Waals surface area (Å²) in [6, 6.07) is 8.02. The Morgan fingerprint density at radius 1 is 1.38 bits per heavy atom. The van der Waals surface area contributed by atoms with E-state index in [1.807, 2.05) is 13.1 Å². The topological polar surface area (TPSA) is 27.0 Å². The maximum Gasteiger partial charge on any atom is 0.0992 e. The lowest BCUT2D eigenvalue weighted by atomic mass is 10.1. The van der Waals surface area contributed by atoms with Crippen molar-refractivity contribution in [1.29, 1.82) is 5.26 Å². The van der Waals surface area contributed by atoms with E-state index in [0.29, 0.717) is 16.6 Å². The number of hydrogen-bond acceptors (Lipinski definition) is 2. The van der Waals surface area contributed by atoms with Gasteiger partial charge in [0.05, 0.1) is 22.3 Å². The fraction of sp³-hybridized carbons (Fsp3) is 0.462. The summed E-state index contributed by atoms with van der Waals surface area (Å²) < 4.78 is 0. The largest absolute Gasteiger partial charge is 0.370 e. The molecule has 1 aromatic carbocycles. The van der Waals surface area contributed by atoms with Gasteiger partial charge in [-0.25, -0.2) is 0 Å². The molecule has 0 spiro atoms. The Kier molecular flexibility index (Phi) is 4.64. The zero-order valence-corrected chi connectivity index (χ0v) is 10.8. The molecule has 2 nitrogen and oxygen atoms in total. The zero-order valence-electron chi connectivity index (χ0n) is 10.00. The quantitative estimate of drug-likeness (QED) is 0.794. The Hall–Kier alpha value is -1.20. The Bertz CT molecular complexity index is 391. The van der Waals surface area contributed by atoms with Crippen LogP contribution in [0, 0.1) is 11.3 Å². The summed E-state index contributed by atoms with van der Waals surface area (Å²) in [6.07, 6.45) is 2.17. The Balaban J connectivity index is 3.00. The molecule has 0 aliphatic heterocycles. The number of rotatable bonds is 4. The fourth-order valence-electron chi connectivity index (χ4n) is 1.90. The molecule has 0 amide bonds. The van der Waals surface area contributed by atoms with Crippen LogP contribution in [0.15, 0.2) is 18.2 Å². The number of hydrogen-bond donors (Lipinski definition) is 0. The monoisotopic (exact) mass is 236 g/mol. The molecule has 0 radical (unpaired) electrons. The van der Waals surface area contributed by atoms with Crippen LogP contribution in [0.1, 0.15) is 32.3 Å². The van der Waals surface area contributed by atoms with Crippen LogP contribution >= 0.6 is 11.6 Å². The molecule has 0 aromatic heterocycles. The summed E-state index contributed by atoms with van der Waals surface area (Å²) in [5.74, 6) is 0. The fourth-order valence-corrected chi connectivity index (χ4v) is 2.21. The van der Waals surface area contributed by atoms with Crippen LogP contribution < -0.4 is 4.90 Å². The minimum absolute atomic E-state index is 0.491. The van der Waals surface area contributed by atoms with Gasteiger partial charge in [-0.15, -0.1) is 0 Å². The molecule has 0 fully saturated rings. The SMILES string of the molecule is CCC(CC)N(C)c1ccc(C#N)cc1Cl. The van der Waals surface area contributed by atoms with Gasteiger partial charge in [-0.3, -0.25) is 0 Å². The van der Waals surface area contributed by atoms with Crippen molar-refractivity contribution in [3.8, 4) is 6.07 Å². The van der Waals surface area contributed by atoms with Crippen LogP contribution in [0.25, 0.3) is 0 Å². The highest BCUT2D eigenvalue weighted by molar-refractivity contribution is 6.33. The highest BCUT2D eigenvalue weighted by Crippen LogP contribution is 2.28. The van der Waals surface area contributed by atoms with Crippen LogP contribution in [0.4, 0.5) is 5.69 Å². The lowest BCUT2D eigenvalue weighted by Crippen LogP contribution is -2.30. The highest BCUT2D eigenvalue weighted by Gasteiger charge is 2.13. The van der Waals surface area contributed by atoms with E-state index in [2.05, 4.69) is 24.8 Å². The smallest absolute Gasteiger partial charge is 0.0992 e. The van der Waals surface area contributed by atoms with Gasteiger partial charge in [-0.2, -0.15) is 5.26 Å². The van der Waals surface area contributed by atoms with Crippen molar-refractivity contribution in [2.24, 2.45) is 0 Å². The van der Waals surface area contributed by atoms with E-state index in [1.54, 1.807) is 12.1 Å². The standard InChI is InChI=1S/C13H17ClN2/c1-4-11(5-2)16(3)13-7-6-10(9-15)8-12(13)14/h6-8,11H,4-5H2,1-3H3. The van der Waals surface area contributed by atoms with E-state index >= 15 is 0 Å². The number of halogens is 1. The van der Waals surface area contributed by atoms with E-state index in [0.717, 1.165) is 18.5 Å². The summed E-state index contributed by atoms with van der Waals surface area (Å²) in [5, 5.41) is 9.42. The maximum absolute atomic E-state index is 8.77. The van der Waals surface area contributed by atoms with Crippen LogP contribution in [-0.2, 0) is 0 Å².